The quantitative estimate of drug-likeness (QED) is 0.527. The Bertz CT molecular complexity index is 998. The van der Waals surface area contributed by atoms with Crippen LogP contribution in [0.15, 0.2) is 44.8 Å². The van der Waals surface area contributed by atoms with E-state index in [2.05, 4.69) is 16.0 Å². The Balaban J connectivity index is 1.62. The number of aromatic nitrogens is 3. The van der Waals surface area contributed by atoms with Crippen LogP contribution in [0.3, 0.4) is 0 Å². The van der Waals surface area contributed by atoms with E-state index in [-0.39, 0.29) is 5.56 Å². The molecule has 3 aromatic heterocycles. The monoisotopic (exact) mass is 345 g/mol. The number of hydrogen-bond acceptors (Lipinski definition) is 6. The highest BCUT2D eigenvalue weighted by atomic mass is 32.2. The molecule has 0 aliphatic carbocycles. The molecule has 0 saturated heterocycles. The molecule has 3 heterocycles. The molecule has 0 amide bonds. The van der Waals surface area contributed by atoms with E-state index in [1.165, 1.54) is 16.0 Å². The molecular weight excluding hydrogens is 334 g/mol. The minimum absolute atomic E-state index is 0.0105. The lowest BCUT2D eigenvalue weighted by Gasteiger charge is -2.00. The molecule has 0 saturated carbocycles. The summed E-state index contributed by atoms with van der Waals surface area (Å²) >= 11 is 4.79. The standard InChI is InChI=1S/C15H11N3OS3/c1-9-7-20-14-16-10(6-13(19)18(9)14)8-21-15-17-11-4-2-3-5-12(11)22-15/h2-7H,8H2,1H3. The smallest absolute Gasteiger partial charge is 0.258 e. The van der Waals surface area contributed by atoms with Crippen molar-refractivity contribution in [1.29, 1.82) is 0 Å². The lowest BCUT2D eigenvalue weighted by Crippen LogP contribution is -2.14. The van der Waals surface area contributed by atoms with Crippen molar-refractivity contribution in [3.63, 3.8) is 0 Å². The normalized spacial score (nSPS) is 11.5. The first-order chi connectivity index (χ1) is 10.7. The minimum Gasteiger partial charge on any atom is -0.269 e. The average molecular weight is 345 g/mol. The Morgan fingerprint density at radius 1 is 1.27 bits per heavy atom. The van der Waals surface area contributed by atoms with Crippen LogP contribution in [0.5, 0.6) is 0 Å². The lowest BCUT2D eigenvalue weighted by molar-refractivity contribution is 0.997. The van der Waals surface area contributed by atoms with Crippen LogP contribution in [0, 0.1) is 6.92 Å². The van der Waals surface area contributed by atoms with Crippen molar-refractivity contribution in [3.8, 4) is 0 Å². The van der Waals surface area contributed by atoms with Gasteiger partial charge in [-0.05, 0) is 19.1 Å². The van der Waals surface area contributed by atoms with Gasteiger partial charge in [0.15, 0.2) is 9.30 Å². The van der Waals surface area contributed by atoms with Gasteiger partial charge >= 0.3 is 0 Å². The lowest BCUT2D eigenvalue weighted by atomic mass is 10.3. The first-order valence-corrected chi connectivity index (χ1v) is 9.34. The summed E-state index contributed by atoms with van der Waals surface area (Å²) < 4.78 is 3.84. The second-order valence-electron chi connectivity index (χ2n) is 4.82. The van der Waals surface area contributed by atoms with Gasteiger partial charge in [-0.1, -0.05) is 23.9 Å². The molecule has 0 spiro atoms. The highest BCUT2D eigenvalue weighted by Crippen LogP contribution is 2.31. The molecule has 0 atom stereocenters. The van der Waals surface area contributed by atoms with Crippen LogP contribution in [-0.4, -0.2) is 14.4 Å². The van der Waals surface area contributed by atoms with Crippen LogP contribution in [0.1, 0.15) is 11.4 Å². The zero-order chi connectivity index (χ0) is 15.1. The van der Waals surface area contributed by atoms with E-state index in [1.807, 2.05) is 30.5 Å². The molecule has 0 fully saturated rings. The topological polar surface area (TPSA) is 47.3 Å². The molecule has 22 heavy (non-hydrogen) atoms. The van der Waals surface area contributed by atoms with E-state index in [1.54, 1.807) is 33.6 Å². The van der Waals surface area contributed by atoms with Gasteiger partial charge in [-0.2, -0.15) is 0 Å². The van der Waals surface area contributed by atoms with E-state index in [0.29, 0.717) is 5.75 Å². The molecule has 0 aliphatic rings. The number of aryl methyl sites for hydroxylation is 1. The first kappa shape index (κ1) is 13.9. The third kappa shape index (κ3) is 2.45. The van der Waals surface area contributed by atoms with Crippen molar-refractivity contribution < 1.29 is 0 Å². The van der Waals surface area contributed by atoms with Gasteiger partial charge in [0.2, 0.25) is 0 Å². The number of thioether (sulfide) groups is 1. The van der Waals surface area contributed by atoms with Crippen molar-refractivity contribution >= 4 is 49.6 Å². The molecule has 0 bridgehead atoms. The van der Waals surface area contributed by atoms with Gasteiger partial charge in [-0.3, -0.25) is 9.20 Å². The summed E-state index contributed by atoms with van der Waals surface area (Å²) in [5.41, 5.74) is 2.75. The van der Waals surface area contributed by atoms with E-state index in [9.17, 15) is 4.79 Å². The van der Waals surface area contributed by atoms with Gasteiger partial charge < -0.3 is 0 Å². The van der Waals surface area contributed by atoms with E-state index in [0.717, 1.165) is 26.2 Å². The number of para-hydroxylation sites is 1. The van der Waals surface area contributed by atoms with Crippen molar-refractivity contribution in [2.75, 3.05) is 0 Å². The zero-order valence-electron chi connectivity index (χ0n) is 11.6. The van der Waals surface area contributed by atoms with E-state index in [4.69, 9.17) is 0 Å². The van der Waals surface area contributed by atoms with E-state index < -0.39 is 0 Å². The summed E-state index contributed by atoms with van der Waals surface area (Å²) in [5, 5.41) is 1.95. The summed E-state index contributed by atoms with van der Waals surface area (Å²) in [6.07, 6.45) is 0. The molecule has 0 aliphatic heterocycles. The van der Waals surface area contributed by atoms with Gasteiger partial charge in [-0.15, -0.1) is 22.7 Å². The highest BCUT2D eigenvalue weighted by molar-refractivity contribution is 8.00. The summed E-state index contributed by atoms with van der Waals surface area (Å²) in [4.78, 5) is 22.0. The Kier molecular flexibility index (Phi) is 3.48. The van der Waals surface area contributed by atoms with Crippen LogP contribution in [0.2, 0.25) is 0 Å². The molecule has 4 rings (SSSR count). The summed E-state index contributed by atoms with van der Waals surface area (Å²) in [6.45, 7) is 1.92. The molecule has 0 radical (unpaired) electrons. The van der Waals surface area contributed by atoms with Gasteiger partial charge in [0.1, 0.15) is 0 Å². The van der Waals surface area contributed by atoms with Gasteiger partial charge in [0.05, 0.1) is 15.9 Å². The van der Waals surface area contributed by atoms with E-state index >= 15 is 0 Å². The number of rotatable bonds is 3. The second kappa shape index (κ2) is 5.49. The fourth-order valence-electron chi connectivity index (χ4n) is 2.22. The van der Waals surface area contributed by atoms with Gasteiger partial charge in [-0.25, -0.2) is 9.97 Å². The number of benzene rings is 1. The molecule has 7 heteroatoms. The molecule has 1 aromatic carbocycles. The van der Waals surface area contributed by atoms with Crippen molar-refractivity contribution in [2.24, 2.45) is 0 Å². The Morgan fingerprint density at radius 2 is 2.14 bits per heavy atom. The molecule has 0 unspecified atom stereocenters. The van der Waals surface area contributed by atoms with Crippen molar-refractivity contribution in [2.45, 2.75) is 17.0 Å². The molecular formula is C15H11N3OS3. The highest BCUT2D eigenvalue weighted by Gasteiger charge is 2.09. The number of thiazole rings is 2. The minimum atomic E-state index is -0.0105. The average Bonchev–Trinajstić information content (AvgIpc) is 3.09. The Morgan fingerprint density at radius 3 is 3.00 bits per heavy atom. The Hall–Kier alpha value is -1.70. The van der Waals surface area contributed by atoms with Crippen molar-refractivity contribution in [1.82, 2.24) is 14.4 Å². The number of fused-ring (bicyclic) bond motifs is 2. The maximum absolute atomic E-state index is 12.1. The van der Waals surface area contributed by atoms with Crippen LogP contribution in [0.25, 0.3) is 15.2 Å². The molecule has 4 aromatic rings. The third-order valence-corrected chi connectivity index (χ3v) is 6.40. The van der Waals surface area contributed by atoms with Gasteiger partial charge in [0.25, 0.3) is 5.56 Å². The SMILES string of the molecule is Cc1csc2nc(CSc3nc4ccccc4s3)cc(=O)n12. The number of nitrogens with zero attached hydrogens (tertiary/aromatic N) is 3. The fourth-order valence-corrected chi connectivity index (χ4v) is 5.07. The van der Waals surface area contributed by atoms with Crippen LogP contribution in [-0.2, 0) is 5.75 Å². The fraction of sp³-hybridized carbons (Fsp3) is 0.133. The number of hydrogen-bond donors (Lipinski definition) is 0. The second-order valence-corrected chi connectivity index (χ2v) is 7.91. The van der Waals surface area contributed by atoms with Crippen LogP contribution in [0.4, 0.5) is 0 Å². The Labute approximate surface area is 138 Å². The summed E-state index contributed by atoms with van der Waals surface area (Å²) in [5.74, 6) is 0.655. The first-order valence-electron chi connectivity index (χ1n) is 6.66. The summed E-state index contributed by atoms with van der Waals surface area (Å²) in [7, 11) is 0. The van der Waals surface area contributed by atoms with Gasteiger partial charge in [0, 0.05) is 22.9 Å². The molecule has 4 nitrogen and oxygen atoms in total. The van der Waals surface area contributed by atoms with Crippen LogP contribution >= 0.6 is 34.4 Å². The van der Waals surface area contributed by atoms with Crippen molar-refractivity contribution in [3.05, 3.63) is 57.5 Å². The van der Waals surface area contributed by atoms with Crippen LogP contribution < -0.4 is 5.56 Å². The third-order valence-electron chi connectivity index (χ3n) is 3.25. The zero-order valence-corrected chi connectivity index (χ0v) is 14.1. The molecule has 110 valence electrons. The largest absolute Gasteiger partial charge is 0.269 e. The maximum atomic E-state index is 12.1. The predicted molar refractivity (Wildman–Crippen MR) is 93.3 cm³/mol. The molecule has 0 N–H and O–H groups in total. The maximum Gasteiger partial charge on any atom is 0.258 e. The predicted octanol–water partition coefficient (Wildman–Crippen LogP) is 3.97. The summed E-state index contributed by atoms with van der Waals surface area (Å²) in [6, 6.07) is 9.72.